The largest absolute Gasteiger partial charge is 0.516 e. The van der Waals surface area contributed by atoms with E-state index in [2.05, 4.69) is 4.74 Å². The molecule has 0 fully saturated rings. The van der Waals surface area contributed by atoms with E-state index in [0.29, 0.717) is 16.9 Å². The number of carbonyl (C=O) groups is 1. The van der Waals surface area contributed by atoms with Gasteiger partial charge in [0.2, 0.25) is 0 Å². The number of amides is 1. The first kappa shape index (κ1) is 22.7. The topological polar surface area (TPSA) is 92.7 Å². The minimum absolute atomic E-state index is 0.429. The zero-order valence-electron chi connectivity index (χ0n) is 12.7. The minimum Gasteiger partial charge on any atom is -0.508 e. The number of ether oxygens (including phenoxy) is 1. The third-order valence-corrected chi connectivity index (χ3v) is 3.89. The van der Waals surface area contributed by atoms with Gasteiger partial charge >= 0.3 is 27.6 Å². The highest BCUT2D eigenvalue weighted by Crippen LogP contribution is 2.38. The second-order valence-electron chi connectivity index (χ2n) is 4.86. The second kappa shape index (κ2) is 7.36. The van der Waals surface area contributed by atoms with Gasteiger partial charge in [0.05, 0.1) is 18.6 Å². The average Bonchev–Trinajstić information content (AvgIpc) is 2.45. The van der Waals surface area contributed by atoms with Crippen molar-refractivity contribution in [3.63, 3.8) is 0 Å². The highest BCUT2D eigenvalue weighted by atomic mass is 32.2. The van der Waals surface area contributed by atoms with Gasteiger partial charge in [-0.25, -0.2) is 4.72 Å². The Labute approximate surface area is 145 Å². The standard InChI is InChI=1S/C12H9F8NO5S/c13-10(14,11(15,16)17)3-4-26-8-2-1-6(22)5-7(8)9(23)21-27(24,25)12(18,19)20/h1-2,5,22H,3-4H2,(H,21,23). The van der Waals surface area contributed by atoms with E-state index in [1.54, 1.807) is 0 Å². The summed E-state index contributed by atoms with van der Waals surface area (Å²) in [4.78, 5) is 11.7. The zero-order valence-corrected chi connectivity index (χ0v) is 13.5. The van der Waals surface area contributed by atoms with Crippen molar-refractivity contribution in [3.05, 3.63) is 23.8 Å². The molecule has 2 N–H and O–H groups in total. The van der Waals surface area contributed by atoms with Crippen molar-refractivity contribution in [2.24, 2.45) is 0 Å². The number of alkyl halides is 8. The van der Waals surface area contributed by atoms with Crippen LogP contribution in [0.15, 0.2) is 18.2 Å². The molecule has 0 saturated heterocycles. The van der Waals surface area contributed by atoms with Crippen molar-refractivity contribution < 1.29 is 58.2 Å². The lowest BCUT2D eigenvalue weighted by molar-refractivity contribution is -0.285. The Bertz CT molecular complexity index is 803. The lowest BCUT2D eigenvalue weighted by Crippen LogP contribution is -2.40. The number of hydrogen-bond donors (Lipinski definition) is 2. The molecule has 15 heteroatoms. The molecule has 154 valence electrons. The van der Waals surface area contributed by atoms with Crippen molar-refractivity contribution in [1.29, 1.82) is 0 Å². The van der Waals surface area contributed by atoms with Crippen LogP contribution in [0.3, 0.4) is 0 Å². The van der Waals surface area contributed by atoms with Crippen LogP contribution in [0, 0.1) is 0 Å². The zero-order chi connectivity index (χ0) is 21.3. The van der Waals surface area contributed by atoms with E-state index in [4.69, 9.17) is 0 Å². The van der Waals surface area contributed by atoms with E-state index in [-0.39, 0.29) is 0 Å². The summed E-state index contributed by atoms with van der Waals surface area (Å²) < 4.78 is 125. The lowest BCUT2D eigenvalue weighted by atomic mass is 10.2. The number of sulfonamides is 1. The average molecular weight is 431 g/mol. The summed E-state index contributed by atoms with van der Waals surface area (Å²) in [5, 5.41) is 9.23. The molecular weight excluding hydrogens is 422 g/mol. The van der Waals surface area contributed by atoms with Crippen LogP contribution in [0.4, 0.5) is 35.1 Å². The summed E-state index contributed by atoms with van der Waals surface area (Å²) in [6.07, 6.45) is -7.77. The number of phenols is 1. The van der Waals surface area contributed by atoms with Gasteiger partial charge in [0.15, 0.2) is 0 Å². The summed E-state index contributed by atoms with van der Waals surface area (Å²) in [5.41, 5.74) is -6.91. The van der Waals surface area contributed by atoms with Crippen LogP contribution in [-0.2, 0) is 10.0 Å². The number of benzene rings is 1. The molecule has 0 aromatic heterocycles. The Hall–Kier alpha value is -2.32. The number of rotatable bonds is 6. The molecule has 0 aliphatic rings. The number of carbonyl (C=O) groups excluding carboxylic acids is 1. The molecule has 0 bridgehead atoms. The summed E-state index contributed by atoms with van der Waals surface area (Å²) in [6, 6.07) is 1.86. The van der Waals surface area contributed by atoms with Crippen molar-refractivity contribution in [1.82, 2.24) is 4.72 Å². The highest BCUT2D eigenvalue weighted by molar-refractivity contribution is 7.90. The second-order valence-corrected chi connectivity index (χ2v) is 6.54. The van der Waals surface area contributed by atoms with Crippen LogP contribution in [0.5, 0.6) is 11.5 Å². The molecule has 1 amide bonds. The SMILES string of the molecule is O=C(NS(=O)(=O)C(F)(F)F)c1cc(O)ccc1OCCC(F)(F)C(F)(F)F. The number of phenolic OH excluding ortho intramolecular Hbond substituents is 1. The Morgan fingerprint density at radius 2 is 1.63 bits per heavy atom. The lowest BCUT2D eigenvalue weighted by Gasteiger charge is -2.20. The number of halogens is 8. The Morgan fingerprint density at radius 1 is 1.07 bits per heavy atom. The first-order valence-corrected chi connectivity index (χ1v) is 8.00. The molecule has 1 aromatic carbocycles. The van der Waals surface area contributed by atoms with E-state index >= 15 is 0 Å². The maximum absolute atomic E-state index is 12.8. The van der Waals surface area contributed by atoms with Crippen LogP contribution in [-0.4, -0.2) is 43.6 Å². The van der Waals surface area contributed by atoms with Crippen LogP contribution in [0.1, 0.15) is 16.8 Å². The van der Waals surface area contributed by atoms with E-state index in [1.165, 1.54) is 0 Å². The Kier molecular flexibility index (Phi) is 6.19. The van der Waals surface area contributed by atoms with Gasteiger partial charge in [-0.2, -0.15) is 43.5 Å². The van der Waals surface area contributed by atoms with Gasteiger partial charge in [0.1, 0.15) is 11.5 Å². The van der Waals surface area contributed by atoms with Crippen molar-refractivity contribution >= 4 is 15.9 Å². The summed E-state index contributed by atoms with van der Waals surface area (Å²) in [6.45, 7) is -1.33. The monoisotopic (exact) mass is 431 g/mol. The first-order valence-electron chi connectivity index (χ1n) is 6.52. The van der Waals surface area contributed by atoms with Gasteiger partial charge < -0.3 is 9.84 Å². The fraction of sp³-hybridized carbons (Fsp3) is 0.417. The molecule has 1 rings (SSSR count). The molecule has 0 unspecified atom stereocenters. The summed E-state index contributed by atoms with van der Waals surface area (Å²) in [5.74, 6) is -8.69. The smallest absolute Gasteiger partial charge is 0.508 e. The van der Waals surface area contributed by atoms with Gasteiger partial charge in [-0.05, 0) is 18.2 Å². The highest BCUT2D eigenvalue weighted by Gasteiger charge is 2.57. The molecule has 0 atom stereocenters. The Balaban J connectivity index is 3.01. The minimum atomic E-state index is -6.14. The van der Waals surface area contributed by atoms with Crippen molar-refractivity contribution in [3.8, 4) is 11.5 Å². The van der Waals surface area contributed by atoms with E-state index in [1.807, 2.05) is 0 Å². The van der Waals surface area contributed by atoms with Gasteiger partial charge in [-0.1, -0.05) is 0 Å². The molecule has 0 aliphatic heterocycles. The third-order valence-electron chi connectivity index (χ3n) is 2.83. The van der Waals surface area contributed by atoms with Crippen LogP contribution < -0.4 is 9.46 Å². The first-order chi connectivity index (χ1) is 12.0. The van der Waals surface area contributed by atoms with Gasteiger partial charge in [0, 0.05) is 0 Å². The molecule has 27 heavy (non-hydrogen) atoms. The normalized spacial score (nSPS) is 13.3. The van der Waals surface area contributed by atoms with Crippen LogP contribution in [0.25, 0.3) is 0 Å². The van der Waals surface area contributed by atoms with Crippen LogP contribution in [0.2, 0.25) is 0 Å². The molecule has 1 aromatic rings. The molecule has 0 saturated carbocycles. The molecular formula is C12H9F8NO5S. The third kappa shape index (κ3) is 5.58. The van der Waals surface area contributed by atoms with Crippen molar-refractivity contribution in [2.75, 3.05) is 6.61 Å². The number of hydrogen-bond acceptors (Lipinski definition) is 5. The van der Waals surface area contributed by atoms with Gasteiger partial charge in [-0.15, -0.1) is 0 Å². The fourth-order valence-electron chi connectivity index (χ4n) is 1.49. The van der Waals surface area contributed by atoms with E-state index in [0.717, 1.165) is 6.07 Å². The fourth-order valence-corrected chi connectivity index (χ4v) is 1.96. The maximum atomic E-state index is 12.8. The Morgan fingerprint density at radius 3 is 2.11 bits per heavy atom. The predicted molar refractivity (Wildman–Crippen MR) is 71.7 cm³/mol. The molecule has 0 heterocycles. The van der Waals surface area contributed by atoms with E-state index in [9.17, 15) is 53.4 Å². The number of aromatic hydroxyl groups is 1. The summed E-state index contributed by atoms with van der Waals surface area (Å²) >= 11 is 0. The van der Waals surface area contributed by atoms with Gasteiger partial charge in [-0.3, -0.25) is 4.79 Å². The summed E-state index contributed by atoms with van der Waals surface area (Å²) in [7, 11) is -6.14. The maximum Gasteiger partial charge on any atom is 0.516 e. The van der Waals surface area contributed by atoms with Crippen molar-refractivity contribution in [2.45, 2.75) is 24.0 Å². The van der Waals surface area contributed by atoms with Crippen LogP contribution >= 0.6 is 0 Å². The van der Waals surface area contributed by atoms with E-state index < -0.39 is 63.6 Å². The number of nitrogens with one attached hydrogen (secondary N) is 1. The quantitative estimate of drug-likeness (QED) is 0.676. The molecule has 6 nitrogen and oxygen atoms in total. The predicted octanol–water partition coefficient (Wildman–Crippen LogP) is 2.94. The molecule has 0 aliphatic carbocycles. The molecule has 0 radical (unpaired) electrons. The van der Waals surface area contributed by atoms with Gasteiger partial charge in [0.25, 0.3) is 5.91 Å². The molecule has 0 spiro atoms.